The molecule has 0 unspecified atom stereocenters. The molecule has 0 atom stereocenters. The molecule has 1 aliphatic heterocycles. The number of anilines is 1. The van der Waals surface area contributed by atoms with E-state index < -0.39 is 0 Å². The average Bonchev–Trinajstić information content (AvgIpc) is 2.98. The maximum absolute atomic E-state index is 4.53. The summed E-state index contributed by atoms with van der Waals surface area (Å²) in [6.07, 6.45) is 0. The Hall–Kier alpha value is -0.920. The second-order valence-corrected chi connectivity index (χ2v) is 6.15. The molecule has 17 heavy (non-hydrogen) atoms. The molecule has 1 saturated heterocycles. The van der Waals surface area contributed by atoms with Crippen LogP contribution >= 0.6 is 27.3 Å². The van der Waals surface area contributed by atoms with Gasteiger partial charge in [0.1, 0.15) is 0 Å². The molecule has 1 fully saturated rings. The zero-order valence-electron chi connectivity index (χ0n) is 9.11. The SMILES string of the molecule is Brc1cc(-c2nc(N3CCNCC3)n[nH]2)cs1. The molecule has 0 saturated carbocycles. The Labute approximate surface area is 111 Å². The Morgan fingerprint density at radius 1 is 1.35 bits per heavy atom. The summed E-state index contributed by atoms with van der Waals surface area (Å²) in [6.45, 7) is 3.91. The fraction of sp³-hybridized carbons (Fsp3) is 0.400. The van der Waals surface area contributed by atoms with Gasteiger partial charge in [0.25, 0.3) is 0 Å². The molecule has 3 heterocycles. The number of hydrogen-bond donors (Lipinski definition) is 2. The minimum Gasteiger partial charge on any atom is -0.337 e. The van der Waals surface area contributed by atoms with Crippen molar-refractivity contribution in [1.29, 1.82) is 0 Å². The molecule has 0 aliphatic carbocycles. The topological polar surface area (TPSA) is 56.8 Å². The lowest BCUT2D eigenvalue weighted by Gasteiger charge is -2.25. The summed E-state index contributed by atoms with van der Waals surface area (Å²) in [6, 6.07) is 2.05. The standard InChI is InChI=1S/C10H12BrN5S/c11-8-5-7(6-17-8)9-13-10(15-14-9)16-3-1-12-2-4-16/h5-6,12H,1-4H2,(H,13,14,15). The third-order valence-electron chi connectivity index (χ3n) is 2.71. The number of piperazine rings is 1. The zero-order valence-corrected chi connectivity index (χ0v) is 11.5. The molecule has 7 heteroatoms. The van der Waals surface area contributed by atoms with E-state index >= 15 is 0 Å². The summed E-state index contributed by atoms with van der Waals surface area (Å²) >= 11 is 5.10. The molecule has 0 amide bonds. The van der Waals surface area contributed by atoms with E-state index in [2.05, 4.69) is 46.7 Å². The summed E-state index contributed by atoms with van der Waals surface area (Å²) in [7, 11) is 0. The van der Waals surface area contributed by atoms with Crippen LogP contribution in [0, 0.1) is 0 Å². The van der Waals surface area contributed by atoms with Gasteiger partial charge in [0.15, 0.2) is 5.82 Å². The molecular formula is C10H12BrN5S. The van der Waals surface area contributed by atoms with Crippen LogP contribution in [0.2, 0.25) is 0 Å². The Bertz CT molecular complexity index is 502. The number of nitrogens with zero attached hydrogens (tertiary/aromatic N) is 3. The second-order valence-electron chi connectivity index (χ2n) is 3.86. The monoisotopic (exact) mass is 313 g/mol. The van der Waals surface area contributed by atoms with Crippen molar-refractivity contribution < 1.29 is 0 Å². The number of nitrogens with one attached hydrogen (secondary N) is 2. The normalized spacial score (nSPS) is 16.4. The first-order valence-electron chi connectivity index (χ1n) is 5.45. The fourth-order valence-corrected chi connectivity index (χ4v) is 2.96. The van der Waals surface area contributed by atoms with Crippen LogP contribution in [0.3, 0.4) is 0 Å². The third kappa shape index (κ3) is 2.36. The van der Waals surface area contributed by atoms with Gasteiger partial charge in [-0.1, -0.05) is 0 Å². The van der Waals surface area contributed by atoms with Gasteiger partial charge in [-0.05, 0) is 22.0 Å². The molecule has 0 bridgehead atoms. The molecule has 2 aromatic rings. The van der Waals surface area contributed by atoms with E-state index in [-0.39, 0.29) is 0 Å². The second kappa shape index (κ2) is 4.75. The maximum atomic E-state index is 4.53. The minimum absolute atomic E-state index is 0.795. The third-order valence-corrected chi connectivity index (χ3v) is 4.22. The lowest BCUT2D eigenvalue weighted by molar-refractivity contribution is 0.580. The van der Waals surface area contributed by atoms with E-state index in [1.54, 1.807) is 11.3 Å². The van der Waals surface area contributed by atoms with Crippen molar-refractivity contribution in [2.75, 3.05) is 31.1 Å². The summed E-state index contributed by atoms with van der Waals surface area (Å²) in [5, 5.41) is 12.6. The van der Waals surface area contributed by atoms with Gasteiger partial charge in [-0.25, -0.2) is 0 Å². The highest BCUT2D eigenvalue weighted by Gasteiger charge is 2.15. The molecule has 0 radical (unpaired) electrons. The maximum Gasteiger partial charge on any atom is 0.245 e. The van der Waals surface area contributed by atoms with E-state index in [0.29, 0.717) is 0 Å². The van der Waals surface area contributed by atoms with Crippen LogP contribution in [0.5, 0.6) is 0 Å². The van der Waals surface area contributed by atoms with Crippen molar-refractivity contribution in [1.82, 2.24) is 20.5 Å². The van der Waals surface area contributed by atoms with Gasteiger partial charge < -0.3 is 10.2 Å². The Balaban J connectivity index is 1.82. The van der Waals surface area contributed by atoms with Crippen LogP contribution in [0.25, 0.3) is 11.4 Å². The summed E-state index contributed by atoms with van der Waals surface area (Å²) in [4.78, 5) is 6.73. The number of aromatic amines is 1. The van der Waals surface area contributed by atoms with Crippen molar-refractivity contribution >= 4 is 33.2 Å². The molecule has 5 nitrogen and oxygen atoms in total. The van der Waals surface area contributed by atoms with E-state index in [1.807, 2.05) is 6.07 Å². The predicted octanol–water partition coefficient (Wildman–Crippen LogP) is 1.71. The number of aromatic nitrogens is 3. The molecule has 0 spiro atoms. The smallest absolute Gasteiger partial charge is 0.245 e. The van der Waals surface area contributed by atoms with Crippen LogP contribution in [-0.2, 0) is 0 Å². The lowest BCUT2D eigenvalue weighted by atomic mass is 10.3. The van der Waals surface area contributed by atoms with Crippen LogP contribution in [0.4, 0.5) is 5.95 Å². The van der Waals surface area contributed by atoms with E-state index in [4.69, 9.17) is 0 Å². The summed E-state index contributed by atoms with van der Waals surface area (Å²) in [5.74, 6) is 1.63. The van der Waals surface area contributed by atoms with Gasteiger partial charge in [-0.2, -0.15) is 4.98 Å². The number of rotatable bonds is 2. The first-order valence-corrected chi connectivity index (χ1v) is 7.13. The number of halogens is 1. The first-order chi connectivity index (χ1) is 8.33. The van der Waals surface area contributed by atoms with Crippen molar-refractivity contribution in [3.05, 3.63) is 15.2 Å². The van der Waals surface area contributed by atoms with Gasteiger partial charge in [0, 0.05) is 37.1 Å². The van der Waals surface area contributed by atoms with Gasteiger partial charge in [0.2, 0.25) is 5.95 Å². The fourth-order valence-electron chi connectivity index (χ4n) is 1.82. The molecule has 90 valence electrons. The predicted molar refractivity (Wildman–Crippen MR) is 72.5 cm³/mol. The average molecular weight is 314 g/mol. The van der Waals surface area contributed by atoms with Crippen molar-refractivity contribution in [2.45, 2.75) is 0 Å². The molecular weight excluding hydrogens is 302 g/mol. The zero-order chi connectivity index (χ0) is 11.7. The first kappa shape index (κ1) is 11.2. The van der Waals surface area contributed by atoms with Gasteiger partial charge in [0.05, 0.1) is 3.79 Å². The van der Waals surface area contributed by atoms with Gasteiger partial charge in [-0.3, -0.25) is 5.10 Å². The van der Waals surface area contributed by atoms with Crippen molar-refractivity contribution in [2.24, 2.45) is 0 Å². The van der Waals surface area contributed by atoms with Crippen LogP contribution < -0.4 is 10.2 Å². The van der Waals surface area contributed by atoms with Crippen LogP contribution in [0.1, 0.15) is 0 Å². The summed E-state index contributed by atoms with van der Waals surface area (Å²) in [5.41, 5.74) is 1.08. The molecule has 2 N–H and O–H groups in total. The van der Waals surface area contributed by atoms with E-state index in [9.17, 15) is 0 Å². The Morgan fingerprint density at radius 2 is 2.18 bits per heavy atom. The molecule has 3 rings (SSSR count). The van der Waals surface area contributed by atoms with Crippen molar-refractivity contribution in [3.63, 3.8) is 0 Å². The van der Waals surface area contributed by atoms with Gasteiger partial charge in [-0.15, -0.1) is 16.4 Å². The lowest BCUT2D eigenvalue weighted by Crippen LogP contribution is -2.44. The quantitative estimate of drug-likeness (QED) is 0.886. The Kier molecular flexibility index (Phi) is 3.13. The minimum atomic E-state index is 0.795. The highest BCUT2D eigenvalue weighted by atomic mass is 79.9. The van der Waals surface area contributed by atoms with Crippen LogP contribution in [0.15, 0.2) is 15.2 Å². The van der Waals surface area contributed by atoms with E-state index in [1.165, 1.54) is 0 Å². The Morgan fingerprint density at radius 3 is 2.88 bits per heavy atom. The number of thiophene rings is 1. The van der Waals surface area contributed by atoms with Gasteiger partial charge >= 0.3 is 0 Å². The molecule has 2 aromatic heterocycles. The highest BCUT2D eigenvalue weighted by molar-refractivity contribution is 9.11. The highest BCUT2D eigenvalue weighted by Crippen LogP contribution is 2.27. The molecule has 1 aliphatic rings. The summed E-state index contributed by atoms with van der Waals surface area (Å²) < 4.78 is 1.10. The largest absolute Gasteiger partial charge is 0.337 e. The van der Waals surface area contributed by atoms with Crippen molar-refractivity contribution in [3.8, 4) is 11.4 Å². The molecule has 0 aromatic carbocycles. The van der Waals surface area contributed by atoms with E-state index in [0.717, 1.165) is 47.3 Å². The van der Waals surface area contributed by atoms with Crippen LogP contribution in [-0.4, -0.2) is 41.4 Å². The number of hydrogen-bond acceptors (Lipinski definition) is 5. The number of H-pyrrole nitrogens is 1.